The van der Waals surface area contributed by atoms with E-state index >= 15 is 0 Å². The van der Waals surface area contributed by atoms with Crippen molar-refractivity contribution in [2.75, 3.05) is 0 Å². The molecule has 0 bridgehead atoms. The van der Waals surface area contributed by atoms with Crippen molar-refractivity contribution in [3.05, 3.63) is 59.7 Å². The highest BCUT2D eigenvalue weighted by Gasteiger charge is 2.18. The zero-order chi connectivity index (χ0) is 14.5. The summed E-state index contributed by atoms with van der Waals surface area (Å²) >= 11 is 0. The van der Waals surface area contributed by atoms with Gasteiger partial charge in [-0.3, -0.25) is 4.79 Å². The molecule has 104 valence electrons. The minimum absolute atomic E-state index is 0.157. The summed E-state index contributed by atoms with van der Waals surface area (Å²) in [4.78, 5) is 10.8. The number of hydrogen-bond acceptors (Lipinski definition) is 4. The van der Waals surface area contributed by atoms with E-state index in [1.54, 1.807) is 6.07 Å². The van der Waals surface area contributed by atoms with Gasteiger partial charge in [-0.15, -0.1) is 0 Å². The zero-order valence-corrected chi connectivity index (χ0v) is 10.7. The molecule has 2 rings (SSSR count). The molecule has 0 aromatic heterocycles. The van der Waals surface area contributed by atoms with E-state index in [-0.39, 0.29) is 11.3 Å². The van der Waals surface area contributed by atoms with E-state index in [9.17, 15) is 9.90 Å². The molecule has 0 fully saturated rings. The fourth-order valence-electron chi connectivity index (χ4n) is 1.75. The summed E-state index contributed by atoms with van der Waals surface area (Å²) in [6.07, 6.45) is 0. The minimum Gasteiger partial charge on any atom is -0.507 e. The highest BCUT2D eigenvalue weighted by atomic mass is 16.5. The average molecular weight is 273 g/mol. The first-order valence-corrected chi connectivity index (χ1v) is 6.06. The lowest BCUT2D eigenvalue weighted by atomic mass is 10.1. The maximum atomic E-state index is 10.8. The second-order valence-corrected chi connectivity index (χ2v) is 4.31. The Hall–Kier alpha value is -2.53. The van der Waals surface area contributed by atoms with Crippen LogP contribution in [0.3, 0.4) is 0 Å². The molecule has 1 atom stereocenters. The first-order valence-electron chi connectivity index (χ1n) is 6.06. The number of aromatic hydroxyl groups is 1. The lowest BCUT2D eigenvalue weighted by molar-refractivity contribution is -0.138. The number of carbonyl (C=O) groups is 1. The summed E-state index contributed by atoms with van der Waals surface area (Å²) in [5.74, 6) is -0.934. The summed E-state index contributed by atoms with van der Waals surface area (Å²) in [6.45, 7) is 0.366. The van der Waals surface area contributed by atoms with Gasteiger partial charge >= 0.3 is 5.97 Å². The molecule has 2 aromatic rings. The molecule has 0 aliphatic heterocycles. The molecular weight excluding hydrogens is 258 g/mol. The van der Waals surface area contributed by atoms with E-state index in [0.717, 1.165) is 5.56 Å². The van der Waals surface area contributed by atoms with Crippen molar-refractivity contribution in [2.24, 2.45) is 5.73 Å². The van der Waals surface area contributed by atoms with Crippen molar-refractivity contribution in [2.45, 2.75) is 12.6 Å². The lowest BCUT2D eigenvalue weighted by Crippen LogP contribution is -2.20. The van der Waals surface area contributed by atoms with Crippen molar-refractivity contribution in [3.63, 3.8) is 0 Å². The summed E-state index contributed by atoms with van der Waals surface area (Å²) < 4.78 is 5.52. The van der Waals surface area contributed by atoms with Crippen molar-refractivity contribution < 1.29 is 19.7 Å². The van der Waals surface area contributed by atoms with Gasteiger partial charge in [-0.05, 0) is 17.7 Å². The topological polar surface area (TPSA) is 92.8 Å². The van der Waals surface area contributed by atoms with Crippen molar-refractivity contribution in [1.82, 2.24) is 0 Å². The molecular formula is C15H15NO4. The van der Waals surface area contributed by atoms with E-state index in [4.69, 9.17) is 15.6 Å². The van der Waals surface area contributed by atoms with Gasteiger partial charge in [0.1, 0.15) is 24.1 Å². The predicted molar refractivity (Wildman–Crippen MR) is 73.4 cm³/mol. The van der Waals surface area contributed by atoms with Gasteiger partial charge in [0.15, 0.2) is 0 Å². The zero-order valence-electron chi connectivity index (χ0n) is 10.7. The van der Waals surface area contributed by atoms with E-state index in [2.05, 4.69) is 0 Å². The Labute approximate surface area is 116 Å². The molecule has 4 N–H and O–H groups in total. The van der Waals surface area contributed by atoms with Crippen molar-refractivity contribution in [3.8, 4) is 11.5 Å². The SMILES string of the molecule is N[C@H](C(=O)O)c1ccc(OCc2ccccc2)cc1O. The molecule has 0 aliphatic carbocycles. The van der Waals surface area contributed by atoms with Crippen LogP contribution in [-0.2, 0) is 11.4 Å². The van der Waals surface area contributed by atoms with Gasteiger partial charge in [-0.25, -0.2) is 0 Å². The predicted octanol–water partition coefficient (Wildman–Crippen LogP) is 2.06. The molecule has 0 heterocycles. The van der Waals surface area contributed by atoms with Crippen LogP contribution >= 0.6 is 0 Å². The maximum absolute atomic E-state index is 10.8. The Morgan fingerprint density at radius 2 is 1.90 bits per heavy atom. The Morgan fingerprint density at radius 1 is 1.20 bits per heavy atom. The van der Waals surface area contributed by atoms with E-state index < -0.39 is 12.0 Å². The summed E-state index contributed by atoms with van der Waals surface area (Å²) in [7, 11) is 0. The highest BCUT2D eigenvalue weighted by Crippen LogP contribution is 2.28. The fraction of sp³-hybridized carbons (Fsp3) is 0.133. The van der Waals surface area contributed by atoms with Gasteiger partial charge in [0.25, 0.3) is 0 Å². The van der Waals surface area contributed by atoms with Crippen LogP contribution in [0.15, 0.2) is 48.5 Å². The Kier molecular flexibility index (Phi) is 4.22. The Balaban J connectivity index is 2.08. The monoisotopic (exact) mass is 273 g/mol. The largest absolute Gasteiger partial charge is 0.507 e. The van der Waals surface area contributed by atoms with Crippen LogP contribution in [-0.4, -0.2) is 16.2 Å². The number of benzene rings is 2. The number of phenolic OH excluding ortho intramolecular Hbond substituents is 1. The smallest absolute Gasteiger partial charge is 0.325 e. The first-order chi connectivity index (χ1) is 9.58. The van der Waals surface area contributed by atoms with E-state index in [1.165, 1.54) is 12.1 Å². The molecule has 5 nitrogen and oxygen atoms in total. The van der Waals surface area contributed by atoms with Crippen LogP contribution in [0.5, 0.6) is 11.5 Å². The van der Waals surface area contributed by atoms with Gasteiger partial charge in [0.2, 0.25) is 0 Å². The van der Waals surface area contributed by atoms with Crippen LogP contribution in [0, 0.1) is 0 Å². The first kappa shape index (κ1) is 13.9. The van der Waals surface area contributed by atoms with Gasteiger partial charge in [0, 0.05) is 11.6 Å². The average Bonchev–Trinajstić information content (AvgIpc) is 2.45. The van der Waals surface area contributed by atoms with Gasteiger partial charge < -0.3 is 20.7 Å². The standard InChI is InChI=1S/C15H15NO4/c16-14(15(18)19)12-7-6-11(8-13(12)17)20-9-10-4-2-1-3-5-10/h1-8,14,17H,9,16H2,(H,18,19)/t14-/m0/s1. The maximum Gasteiger partial charge on any atom is 0.325 e. The Morgan fingerprint density at radius 3 is 2.50 bits per heavy atom. The van der Waals surface area contributed by atoms with Crippen molar-refractivity contribution in [1.29, 1.82) is 0 Å². The normalized spacial score (nSPS) is 11.8. The van der Waals surface area contributed by atoms with Crippen LogP contribution < -0.4 is 10.5 Å². The van der Waals surface area contributed by atoms with Gasteiger partial charge in [0.05, 0.1) is 0 Å². The molecule has 0 saturated carbocycles. The minimum atomic E-state index is -1.25. The molecule has 5 heteroatoms. The molecule has 20 heavy (non-hydrogen) atoms. The second-order valence-electron chi connectivity index (χ2n) is 4.31. The van der Waals surface area contributed by atoms with Crippen molar-refractivity contribution >= 4 is 5.97 Å². The van der Waals surface area contributed by atoms with Crippen LogP contribution in [0.2, 0.25) is 0 Å². The number of ether oxygens (including phenoxy) is 1. The third-order valence-electron chi connectivity index (χ3n) is 2.85. The number of phenols is 1. The number of rotatable bonds is 5. The molecule has 2 aromatic carbocycles. The van der Waals surface area contributed by atoms with Gasteiger partial charge in [-0.1, -0.05) is 30.3 Å². The number of hydrogen-bond donors (Lipinski definition) is 3. The van der Waals surface area contributed by atoms with E-state index in [1.807, 2.05) is 30.3 Å². The molecule has 0 aliphatic rings. The van der Waals surface area contributed by atoms with Crippen LogP contribution in [0.1, 0.15) is 17.2 Å². The summed E-state index contributed by atoms with van der Waals surface area (Å²) in [6, 6.07) is 12.7. The van der Waals surface area contributed by atoms with E-state index in [0.29, 0.717) is 12.4 Å². The molecule has 0 radical (unpaired) electrons. The Bertz CT molecular complexity index is 598. The number of carboxylic acid groups (broad SMARTS) is 1. The molecule has 0 spiro atoms. The van der Waals surface area contributed by atoms with Gasteiger partial charge in [-0.2, -0.15) is 0 Å². The van der Waals surface area contributed by atoms with Crippen LogP contribution in [0.4, 0.5) is 0 Å². The summed E-state index contributed by atoms with van der Waals surface area (Å²) in [5, 5.41) is 18.6. The third kappa shape index (κ3) is 3.27. The number of carboxylic acids is 1. The third-order valence-corrected chi connectivity index (χ3v) is 2.85. The number of nitrogens with two attached hydrogens (primary N) is 1. The molecule has 0 saturated heterocycles. The van der Waals surface area contributed by atoms with Crippen LogP contribution in [0.25, 0.3) is 0 Å². The summed E-state index contributed by atoms with van der Waals surface area (Å²) in [5.41, 5.74) is 6.61. The quantitative estimate of drug-likeness (QED) is 0.775. The lowest BCUT2D eigenvalue weighted by Gasteiger charge is -2.11. The fourth-order valence-corrected chi connectivity index (χ4v) is 1.75. The molecule has 0 amide bonds. The highest BCUT2D eigenvalue weighted by molar-refractivity contribution is 5.76. The number of aliphatic carboxylic acids is 1. The molecule has 0 unspecified atom stereocenters. The second kappa shape index (κ2) is 6.08.